The number of methoxy groups -OCH3 is 1. The minimum atomic E-state index is -0.179. The largest absolute Gasteiger partial charge is 0.469 e. The zero-order valence-electron chi connectivity index (χ0n) is 9.60. The Morgan fingerprint density at radius 2 is 2.50 bits per heavy atom. The van der Waals surface area contributed by atoms with Crippen LogP contribution in [0.2, 0.25) is 0 Å². The molecule has 1 rings (SSSR count). The lowest BCUT2D eigenvalue weighted by atomic mass is 10.1. The highest BCUT2D eigenvalue weighted by molar-refractivity contribution is 8.04. The fraction of sp³-hybridized carbons (Fsp3) is 0.636. The second-order valence-electron chi connectivity index (χ2n) is 3.73. The Kier molecular flexibility index (Phi) is 5.38. The van der Waals surface area contributed by atoms with E-state index in [0.29, 0.717) is 12.3 Å². The number of esters is 1. The van der Waals surface area contributed by atoms with Gasteiger partial charge in [-0.1, -0.05) is 18.2 Å². The molecule has 5 heteroatoms. The maximum absolute atomic E-state index is 10.9. The molecule has 0 amide bonds. The lowest BCUT2D eigenvalue weighted by Gasteiger charge is -2.00. The number of carbonyl (C=O) groups is 1. The highest BCUT2D eigenvalue weighted by Crippen LogP contribution is 2.32. The first-order chi connectivity index (χ1) is 7.69. The molecule has 1 unspecified atom stereocenters. The van der Waals surface area contributed by atoms with Gasteiger partial charge in [-0.15, -0.1) is 11.8 Å². The minimum Gasteiger partial charge on any atom is -0.469 e. The van der Waals surface area contributed by atoms with Crippen molar-refractivity contribution >= 4 is 23.4 Å². The molecule has 1 fully saturated rings. The first kappa shape index (κ1) is 13.1. The molecule has 90 valence electrons. The summed E-state index contributed by atoms with van der Waals surface area (Å²) in [6, 6.07) is 0. The predicted octanol–water partition coefficient (Wildman–Crippen LogP) is 2.43. The van der Waals surface area contributed by atoms with E-state index in [1.807, 2.05) is 13.0 Å². The van der Waals surface area contributed by atoms with E-state index in [4.69, 9.17) is 5.21 Å². The van der Waals surface area contributed by atoms with Crippen LogP contribution in [0, 0.1) is 5.92 Å². The van der Waals surface area contributed by atoms with Crippen LogP contribution in [-0.4, -0.2) is 29.8 Å². The average Bonchev–Trinajstić information content (AvgIpc) is 2.65. The molecule has 0 aliphatic carbocycles. The van der Waals surface area contributed by atoms with Gasteiger partial charge in [-0.3, -0.25) is 4.79 Å². The van der Waals surface area contributed by atoms with Crippen LogP contribution in [0.15, 0.2) is 16.1 Å². The molecule has 16 heavy (non-hydrogen) atoms. The summed E-state index contributed by atoms with van der Waals surface area (Å²) in [6.07, 6.45) is 4.05. The van der Waals surface area contributed by atoms with Crippen molar-refractivity contribution in [3.05, 3.63) is 11.0 Å². The Labute approximate surface area is 99.7 Å². The molecule has 0 aromatic heterocycles. The van der Waals surface area contributed by atoms with Gasteiger partial charge in [-0.05, 0) is 12.8 Å². The summed E-state index contributed by atoms with van der Waals surface area (Å²) in [5.74, 6) is 1.09. The topological polar surface area (TPSA) is 58.9 Å². The molecule has 1 atom stereocenters. The van der Waals surface area contributed by atoms with Crippen molar-refractivity contribution in [1.29, 1.82) is 0 Å². The molecule has 0 spiro atoms. The lowest BCUT2D eigenvalue weighted by molar-refractivity contribution is -0.140. The Bertz CT molecular complexity index is 312. The number of ether oxygens (including phenoxy) is 1. The summed E-state index contributed by atoms with van der Waals surface area (Å²) in [5, 5.41) is 12.2. The van der Waals surface area contributed by atoms with Crippen LogP contribution < -0.4 is 0 Å². The van der Waals surface area contributed by atoms with E-state index in [2.05, 4.69) is 9.89 Å². The number of hydrogen-bond donors (Lipinski definition) is 1. The maximum atomic E-state index is 10.9. The highest BCUT2D eigenvalue weighted by Gasteiger charge is 2.24. The summed E-state index contributed by atoms with van der Waals surface area (Å²) in [5.41, 5.74) is 0.767. The standard InChI is InChI=1S/C11H17NO3S/c1-8-7-16-9(11(8)12-14)5-3-4-6-10(13)15-2/h5,8,14H,3-4,6-7H2,1-2H3/b9-5+,12-11-. The first-order valence-electron chi connectivity index (χ1n) is 5.31. The van der Waals surface area contributed by atoms with E-state index in [1.54, 1.807) is 11.8 Å². The zero-order valence-corrected chi connectivity index (χ0v) is 10.4. The Balaban J connectivity index is 2.38. The van der Waals surface area contributed by atoms with Crippen LogP contribution in [0.4, 0.5) is 0 Å². The molecule has 1 N–H and O–H groups in total. The second-order valence-corrected chi connectivity index (χ2v) is 4.80. The number of nitrogens with zero attached hydrogens (tertiary/aromatic N) is 1. The van der Waals surface area contributed by atoms with Crippen molar-refractivity contribution < 1.29 is 14.7 Å². The summed E-state index contributed by atoms with van der Waals surface area (Å²) in [7, 11) is 1.39. The molecule has 0 saturated carbocycles. The van der Waals surface area contributed by atoms with Gasteiger partial charge in [0.2, 0.25) is 0 Å². The van der Waals surface area contributed by atoms with Gasteiger partial charge >= 0.3 is 5.97 Å². The van der Waals surface area contributed by atoms with Crippen LogP contribution in [-0.2, 0) is 9.53 Å². The number of rotatable bonds is 4. The number of allylic oxidation sites excluding steroid dienone is 2. The quantitative estimate of drug-likeness (QED) is 0.356. The third kappa shape index (κ3) is 3.56. The van der Waals surface area contributed by atoms with E-state index in [9.17, 15) is 4.79 Å². The van der Waals surface area contributed by atoms with Gasteiger partial charge in [0.1, 0.15) is 0 Å². The number of thioether (sulfide) groups is 1. The monoisotopic (exact) mass is 243 g/mol. The zero-order chi connectivity index (χ0) is 12.0. The number of hydrogen-bond acceptors (Lipinski definition) is 5. The summed E-state index contributed by atoms with van der Waals surface area (Å²) < 4.78 is 4.55. The van der Waals surface area contributed by atoms with Crippen LogP contribution >= 0.6 is 11.8 Å². The van der Waals surface area contributed by atoms with Gasteiger partial charge in [-0.25, -0.2) is 0 Å². The van der Waals surface area contributed by atoms with Gasteiger partial charge in [0.25, 0.3) is 0 Å². The first-order valence-corrected chi connectivity index (χ1v) is 6.29. The van der Waals surface area contributed by atoms with E-state index in [0.717, 1.165) is 29.2 Å². The normalized spacial score (nSPS) is 25.2. The molecule has 0 aromatic rings. The molecule has 1 aliphatic heterocycles. The molecule has 0 bridgehead atoms. The van der Waals surface area contributed by atoms with Crippen LogP contribution in [0.5, 0.6) is 0 Å². The van der Waals surface area contributed by atoms with Crippen molar-refractivity contribution in [1.82, 2.24) is 0 Å². The van der Waals surface area contributed by atoms with Crippen molar-refractivity contribution in [2.45, 2.75) is 26.2 Å². The Morgan fingerprint density at radius 3 is 3.12 bits per heavy atom. The van der Waals surface area contributed by atoms with Crippen molar-refractivity contribution in [3.63, 3.8) is 0 Å². The smallest absolute Gasteiger partial charge is 0.305 e. The van der Waals surface area contributed by atoms with Gasteiger partial charge in [0.05, 0.1) is 12.8 Å². The third-order valence-electron chi connectivity index (χ3n) is 2.46. The number of oxime groups is 1. The van der Waals surface area contributed by atoms with E-state index >= 15 is 0 Å². The van der Waals surface area contributed by atoms with Crippen LogP contribution in [0.25, 0.3) is 0 Å². The van der Waals surface area contributed by atoms with E-state index in [-0.39, 0.29) is 5.97 Å². The summed E-state index contributed by atoms with van der Waals surface area (Å²) in [4.78, 5) is 11.9. The molecular weight excluding hydrogens is 226 g/mol. The van der Waals surface area contributed by atoms with E-state index in [1.165, 1.54) is 7.11 Å². The lowest BCUT2D eigenvalue weighted by Crippen LogP contribution is -2.05. The molecular formula is C11H17NO3S. The second kappa shape index (κ2) is 6.58. The maximum Gasteiger partial charge on any atom is 0.305 e. The Hall–Kier alpha value is -0.970. The number of unbranched alkanes of at least 4 members (excludes halogenated alkanes) is 1. The SMILES string of the molecule is COC(=O)CCC/C=C1/SCC(C)/C1=N/O. The fourth-order valence-corrected chi connectivity index (χ4v) is 2.72. The summed E-state index contributed by atoms with van der Waals surface area (Å²) >= 11 is 1.70. The molecule has 0 radical (unpaired) electrons. The van der Waals surface area contributed by atoms with Gasteiger partial charge in [0.15, 0.2) is 0 Å². The molecule has 1 heterocycles. The molecule has 0 aromatic carbocycles. The van der Waals surface area contributed by atoms with Crippen LogP contribution in [0.1, 0.15) is 26.2 Å². The van der Waals surface area contributed by atoms with E-state index < -0.39 is 0 Å². The summed E-state index contributed by atoms with van der Waals surface area (Å²) in [6.45, 7) is 2.04. The van der Waals surface area contributed by atoms with Gasteiger partial charge in [-0.2, -0.15) is 0 Å². The fourth-order valence-electron chi connectivity index (χ4n) is 1.50. The average molecular weight is 243 g/mol. The highest BCUT2D eigenvalue weighted by atomic mass is 32.2. The van der Waals surface area contributed by atoms with Gasteiger partial charge in [0, 0.05) is 23.0 Å². The van der Waals surface area contributed by atoms with Crippen molar-refractivity contribution in [2.75, 3.05) is 12.9 Å². The Morgan fingerprint density at radius 1 is 1.75 bits per heavy atom. The molecule has 1 saturated heterocycles. The predicted molar refractivity (Wildman–Crippen MR) is 64.8 cm³/mol. The van der Waals surface area contributed by atoms with Crippen molar-refractivity contribution in [2.24, 2.45) is 11.1 Å². The molecule has 4 nitrogen and oxygen atoms in total. The minimum absolute atomic E-state index is 0.179. The van der Waals surface area contributed by atoms with Crippen LogP contribution in [0.3, 0.4) is 0 Å². The number of carbonyl (C=O) groups excluding carboxylic acids is 1. The molecule has 1 aliphatic rings. The van der Waals surface area contributed by atoms with Crippen molar-refractivity contribution in [3.8, 4) is 0 Å². The van der Waals surface area contributed by atoms with Gasteiger partial charge < -0.3 is 9.94 Å². The third-order valence-corrected chi connectivity index (χ3v) is 3.81.